The Morgan fingerprint density at radius 2 is 2.16 bits per heavy atom. The van der Waals surface area contributed by atoms with Gasteiger partial charge in [0.2, 0.25) is 0 Å². The van der Waals surface area contributed by atoms with Crippen LogP contribution in [-0.2, 0) is 22.7 Å². The number of rotatable bonds is 4. The summed E-state index contributed by atoms with van der Waals surface area (Å²) in [6.07, 6.45) is 0. The molecule has 1 aliphatic heterocycles. The lowest BCUT2D eigenvalue weighted by molar-refractivity contribution is -0.385. The molecule has 1 heterocycles. The summed E-state index contributed by atoms with van der Waals surface area (Å²) < 4.78 is 15.7. The molecule has 25 heavy (non-hydrogen) atoms. The van der Waals surface area contributed by atoms with Crippen molar-refractivity contribution in [2.24, 2.45) is 0 Å². The first-order chi connectivity index (χ1) is 12.0. The van der Waals surface area contributed by atoms with E-state index in [1.807, 2.05) is 0 Å². The second-order valence-corrected chi connectivity index (χ2v) is 5.56. The zero-order chi connectivity index (χ0) is 18.0. The minimum Gasteiger partial charge on any atom is -0.507 e. The van der Waals surface area contributed by atoms with E-state index < -0.39 is 10.9 Å². The van der Waals surface area contributed by atoms with E-state index in [-0.39, 0.29) is 37.0 Å². The highest BCUT2D eigenvalue weighted by Crippen LogP contribution is 2.33. The fourth-order valence-corrected chi connectivity index (χ4v) is 2.53. The lowest BCUT2D eigenvalue weighted by atomic mass is 10.1. The fraction of sp³-hybridized carbons (Fsp3) is 0.235. The lowest BCUT2D eigenvalue weighted by Crippen LogP contribution is -2.15. The number of non-ortho nitro benzene ring substituents is 1. The van der Waals surface area contributed by atoms with Crippen molar-refractivity contribution in [3.05, 3.63) is 62.7 Å². The Labute approximate surface area is 142 Å². The molecule has 2 aromatic carbocycles. The monoisotopic (exact) mass is 345 g/mol. The minimum atomic E-state index is -0.732. The molecule has 8 nitrogen and oxygen atoms in total. The van der Waals surface area contributed by atoms with E-state index in [0.717, 1.165) is 5.56 Å². The zero-order valence-corrected chi connectivity index (χ0v) is 13.4. The Bertz CT molecular complexity index is 847. The number of nitrogens with zero attached hydrogens (tertiary/aromatic N) is 1. The van der Waals surface area contributed by atoms with Gasteiger partial charge in [0.05, 0.1) is 11.5 Å². The molecule has 0 fully saturated rings. The molecule has 0 aliphatic carbocycles. The fourth-order valence-electron chi connectivity index (χ4n) is 2.53. The number of hydrogen-bond donors (Lipinski definition) is 1. The van der Waals surface area contributed by atoms with Crippen LogP contribution < -0.4 is 4.74 Å². The number of aryl methyl sites for hydroxylation is 1. The summed E-state index contributed by atoms with van der Waals surface area (Å²) in [5.41, 5.74) is 1.57. The highest BCUT2D eigenvalue weighted by molar-refractivity contribution is 5.92. The molecule has 0 atom stereocenters. The summed E-state index contributed by atoms with van der Waals surface area (Å²) >= 11 is 0. The van der Waals surface area contributed by atoms with E-state index in [1.165, 1.54) is 24.3 Å². The molecule has 1 N–H and O–H groups in total. The predicted octanol–water partition coefficient (Wildman–Crippen LogP) is 2.83. The van der Waals surface area contributed by atoms with Crippen LogP contribution in [0.1, 0.15) is 27.0 Å². The molecule has 130 valence electrons. The highest BCUT2D eigenvalue weighted by atomic mass is 16.7. The Morgan fingerprint density at radius 1 is 1.36 bits per heavy atom. The average Bonchev–Trinajstić information content (AvgIpc) is 2.59. The van der Waals surface area contributed by atoms with Gasteiger partial charge in [-0.05, 0) is 24.6 Å². The Morgan fingerprint density at radius 3 is 2.88 bits per heavy atom. The number of phenolic OH excluding ortho intramolecular Hbond substituents is 1. The number of fused-ring (bicyclic) bond motifs is 1. The number of carbonyl (C=O) groups is 1. The van der Waals surface area contributed by atoms with E-state index in [0.29, 0.717) is 16.9 Å². The second kappa shape index (κ2) is 6.78. The van der Waals surface area contributed by atoms with Gasteiger partial charge >= 0.3 is 5.97 Å². The van der Waals surface area contributed by atoms with Crippen molar-refractivity contribution in [3.63, 3.8) is 0 Å². The smallest absolute Gasteiger partial charge is 0.342 e. The molecular weight excluding hydrogens is 330 g/mol. The van der Waals surface area contributed by atoms with Crippen molar-refractivity contribution in [2.45, 2.75) is 20.1 Å². The summed E-state index contributed by atoms with van der Waals surface area (Å²) in [7, 11) is 0. The normalized spacial score (nSPS) is 12.8. The first-order valence-corrected chi connectivity index (χ1v) is 7.43. The van der Waals surface area contributed by atoms with Crippen LogP contribution in [-0.4, -0.2) is 22.8 Å². The SMILES string of the molecule is Cc1ccc(C(=O)OCc2cc([N+](=O)[O-])cc3c2OCOC3)c(O)c1. The number of nitro groups is 1. The van der Waals surface area contributed by atoms with Crippen LogP contribution in [0, 0.1) is 17.0 Å². The number of aromatic hydroxyl groups is 1. The molecule has 2 aromatic rings. The number of carbonyl (C=O) groups excluding carboxylic acids is 1. The van der Waals surface area contributed by atoms with Crippen LogP contribution in [0.3, 0.4) is 0 Å². The minimum absolute atomic E-state index is 0.0184. The average molecular weight is 345 g/mol. The van der Waals surface area contributed by atoms with Crippen LogP contribution in [0.2, 0.25) is 0 Å². The molecule has 0 bridgehead atoms. The highest BCUT2D eigenvalue weighted by Gasteiger charge is 2.22. The number of hydrogen-bond acceptors (Lipinski definition) is 7. The summed E-state index contributed by atoms with van der Waals surface area (Å²) in [4.78, 5) is 22.7. The van der Waals surface area contributed by atoms with E-state index >= 15 is 0 Å². The molecule has 1 aliphatic rings. The van der Waals surface area contributed by atoms with Crippen LogP contribution >= 0.6 is 0 Å². The van der Waals surface area contributed by atoms with Gasteiger partial charge in [-0.2, -0.15) is 0 Å². The molecule has 0 saturated heterocycles. The van der Waals surface area contributed by atoms with Crippen LogP contribution in [0.5, 0.6) is 11.5 Å². The molecule has 0 amide bonds. The van der Waals surface area contributed by atoms with Crippen molar-refractivity contribution < 1.29 is 29.0 Å². The van der Waals surface area contributed by atoms with Gasteiger partial charge in [0.25, 0.3) is 5.69 Å². The van der Waals surface area contributed by atoms with E-state index in [1.54, 1.807) is 13.0 Å². The molecular formula is C17H15NO7. The molecule has 0 spiro atoms. The van der Waals surface area contributed by atoms with Crippen molar-refractivity contribution in [1.82, 2.24) is 0 Å². The zero-order valence-electron chi connectivity index (χ0n) is 13.4. The summed E-state index contributed by atoms with van der Waals surface area (Å²) in [6, 6.07) is 7.25. The second-order valence-electron chi connectivity index (χ2n) is 5.56. The number of benzene rings is 2. The van der Waals surface area contributed by atoms with Gasteiger partial charge < -0.3 is 19.3 Å². The van der Waals surface area contributed by atoms with Gasteiger partial charge in [-0.25, -0.2) is 4.79 Å². The standard InChI is InChI=1S/C17H15NO7/c1-10-2-3-14(15(19)4-10)17(20)24-8-12-6-13(18(21)22)5-11-7-23-9-25-16(11)12/h2-6,19H,7-9H2,1H3. The van der Waals surface area contributed by atoms with Crippen LogP contribution in [0.15, 0.2) is 30.3 Å². The third kappa shape index (κ3) is 3.53. The maximum atomic E-state index is 12.2. The van der Waals surface area contributed by atoms with Gasteiger partial charge in [0, 0.05) is 23.3 Å². The van der Waals surface area contributed by atoms with Crippen molar-refractivity contribution >= 4 is 11.7 Å². The molecule has 0 saturated carbocycles. The van der Waals surface area contributed by atoms with Crippen LogP contribution in [0.25, 0.3) is 0 Å². The molecule has 0 unspecified atom stereocenters. The topological polar surface area (TPSA) is 108 Å². The quantitative estimate of drug-likeness (QED) is 0.515. The number of nitro benzene ring substituents is 1. The van der Waals surface area contributed by atoms with Crippen molar-refractivity contribution in [2.75, 3.05) is 6.79 Å². The maximum absolute atomic E-state index is 12.2. The van der Waals surface area contributed by atoms with Gasteiger partial charge in [0.1, 0.15) is 23.7 Å². The number of ether oxygens (including phenoxy) is 3. The Hall–Kier alpha value is -3.13. The Balaban J connectivity index is 1.83. The summed E-state index contributed by atoms with van der Waals surface area (Å²) in [6.45, 7) is 1.75. The van der Waals surface area contributed by atoms with E-state index in [4.69, 9.17) is 14.2 Å². The van der Waals surface area contributed by atoms with Gasteiger partial charge in [-0.15, -0.1) is 0 Å². The number of phenols is 1. The van der Waals surface area contributed by atoms with Gasteiger partial charge in [0.15, 0.2) is 6.79 Å². The maximum Gasteiger partial charge on any atom is 0.342 e. The lowest BCUT2D eigenvalue weighted by Gasteiger charge is -2.20. The van der Waals surface area contributed by atoms with Crippen molar-refractivity contribution in [1.29, 1.82) is 0 Å². The molecule has 0 aromatic heterocycles. The largest absolute Gasteiger partial charge is 0.507 e. The summed E-state index contributed by atoms with van der Waals surface area (Å²) in [5, 5.41) is 20.9. The third-order valence-corrected chi connectivity index (χ3v) is 3.71. The predicted molar refractivity (Wildman–Crippen MR) is 85.3 cm³/mol. The Kier molecular flexibility index (Phi) is 4.53. The number of esters is 1. The van der Waals surface area contributed by atoms with Gasteiger partial charge in [-0.1, -0.05) is 6.07 Å². The van der Waals surface area contributed by atoms with E-state index in [9.17, 15) is 20.0 Å². The van der Waals surface area contributed by atoms with Gasteiger partial charge in [-0.3, -0.25) is 10.1 Å². The first kappa shape index (κ1) is 16.7. The molecule has 8 heteroatoms. The van der Waals surface area contributed by atoms with E-state index in [2.05, 4.69) is 0 Å². The molecule has 0 radical (unpaired) electrons. The summed E-state index contributed by atoms with van der Waals surface area (Å²) in [5.74, 6) is -0.502. The molecule has 3 rings (SSSR count). The third-order valence-electron chi connectivity index (χ3n) is 3.71. The van der Waals surface area contributed by atoms with Crippen molar-refractivity contribution in [3.8, 4) is 11.5 Å². The van der Waals surface area contributed by atoms with Crippen LogP contribution in [0.4, 0.5) is 5.69 Å². The first-order valence-electron chi connectivity index (χ1n) is 7.43.